The number of hydrogen-bond acceptors (Lipinski definition) is 5. The van der Waals surface area contributed by atoms with Crippen molar-refractivity contribution in [3.05, 3.63) is 58.1 Å². The van der Waals surface area contributed by atoms with Gasteiger partial charge in [-0.2, -0.15) is 0 Å². The van der Waals surface area contributed by atoms with E-state index in [1.165, 1.54) is 0 Å². The third kappa shape index (κ3) is 2.72. The minimum atomic E-state index is -0.815. The molecule has 3 aliphatic rings. The van der Waals surface area contributed by atoms with Crippen molar-refractivity contribution >= 4 is 71.4 Å². The molecule has 0 unspecified atom stereocenters. The fourth-order valence-corrected chi connectivity index (χ4v) is 7.18. The van der Waals surface area contributed by atoms with Gasteiger partial charge in [0.25, 0.3) is 11.8 Å². The minimum Gasteiger partial charge on any atom is -0.390 e. The highest BCUT2D eigenvalue weighted by atomic mass is 79.9. The smallest absolute Gasteiger partial charge is 0.259 e. The Bertz CT molecular complexity index is 1870. The number of rotatable bonds is 1. The number of aliphatic hydroxyl groups excluding tert-OH is 1. The van der Waals surface area contributed by atoms with Crippen LogP contribution in [-0.2, 0) is 9.47 Å². The van der Waals surface area contributed by atoms with E-state index in [0.29, 0.717) is 22.9 Å². The van der Waals surface area contributed by atoms with Crippen molar-refractivity contribution in [2.24, 2.45) is 0 Å². The summed E-state index contributed by atoms with van der Waals surface area (Å²) in [6.45, 7) is 3.72. The zero-order valence-corrected chi connectivity index (χ0v) is 21.5. The summed E-state index contributed by atoms with van der Waals surface area (Å²) >= 11 is 3.56. The lowest BCUT2D eigenvalue weighted by atomic mass is 9.96. The van der Waals surface area contributed by atoms with Crippen molar-refractivity contribution in [1.82, 2.24) is 14.9 Å². The van der Waals surface area contributed by atoms with Crippen LogP contribution >= 0.6 is 15.9 Å². The molecule has 8 rings (SSSR count). The van der Waals surface area contributed by atoms with E-state index in [-0.39, 0.29) is 12.1 Å². The van der Waals surface area contributed by atoms with Crippen LogP contribution < -0.4 is 5.32 Å². The van der Waals surface area contributed by atoms with E-state index in [4.69, 9.17) is 9.47 Å². The van der Waals surface area contributed by atoms with Crippen LogP contribution in [-0.4, -0.2) is 50.6 Å². The third-order valence-corrected chi connectivity index (χ3v) is 8.57. The number of hydrogen-bond donors (Lipinski definition) is 3. The molecule has 2 fully saturated rings. The van der Waals surface area contributed by atoms with Gasteiger partial charge in [-0.05, 0) is 44.5 Å². The monoisotopic (exact) mass is 559 g/mol. The van der Waals surface area contributed by atoms with Crippen LogP contribution in [0.15, 0.2) is 46.9 Å². The van der Waals surface area contributed by atoms with Crippen molar-refractivity contribution < 1.29 is 24.2 Å². The summed E-state index contributed by atoms with van der Waals surface area (Å²) in [6, 6.07) is 13.5. The number of nitrogens with one attached hydrogen (secondary N) is 2. The molecular weight excluding hydrogens is 538 g/mol. The quantitative estimate of drug-likeness (QED) is 0.253. The van der Waals surface area contributed by atoms with E-state index in [0.717, 1.165) is 42.7 Å². The number of aromatic nitrogens is 2. The average molecular weight is 560 g/mol. The van der Waals surface area contributed by atoms with E-state index in [1.54, 1.807) is 0 Å². The van der Waals surface area contributed by atoms with Gasteiger partial charge in [0.15, 0.2) is 5.79 Å². The molecular formula is C28H22BrN3O5. The first-order chi connectivity index (χ1) is 17.7. The highest BCUT2D eigenvalue weighted by Gasteiger charge is 2.55. The van der Waals surface area contributed by atoms with E-state index < -0.39 is 29.8 Å². The minimum absolute atomic E-state index is 0.247. The van der Waals surface area contributed by atoms with Gasteiger partial charge in [-0.1, -0.05) is 34.1 Å². The standard InChI is InChI=1S/C28H22BrN3O5/c1-28(2)36-24-16(10-17(33)25(24)37-28)32-15-6-4-3-5-12(15)19-21-20(26(34)31-27(21)35)18-13-9-11(29)7-8-14(13)30-22(18)23(19)32/h3-9,16-17,24-25,30,33H,10H2,1-2H3,(H,31,34,35)/t16-,17+,24+,25-/m1/s1. The van der Waals surface area contributed by atoms with Gasteiger partial charge in [0.2, 0.25) is 0 Å². The van der Waals surface area contributed by atoms with Gasteiger partial charge in [0, 0.05) is 37.1 Å². The summed E-state index contributed by atoms with van der Waals surface area (Å²) in [5.41, 5.74) is 4.15. The summed E-state index contributed by atoms with van der Waals surface area (Å²) in [5.74, 6) is -1.61. The molecule has 9 heteroatoms. The summed E-state index contributed by atoms with van der Waals surface area (Å²) in [7, 11) is 0. The Balaban J connectivity index is 1.58. The SMILES string of the molecule is CC1(C)O[C@@H]2[C@H](O1)[C@@H](O)C[C@H]2n1c2ccccc2c2c3c(c4c5cc(Br)ccc5[nH]c4c21)C(=O)NC3=O. The van der Waals surface area contributed by atoms with Crippen LogP contribution in [0.4, 0.5) is 0 Å². The second kappa shape index (κ2) is 6.99. The van der Waals surface area contributed by atoms with Gasteiger partial charge in [-0.3, -0.25) is 14.9 Å². The van der Waals surface area contributed by atoms with Crippen LogP contribution in [0.1, 0.15) is 47.0 Å². The maximum Gasteiger partial charge on any atom is 0.259 e. The van der Waals surface area contributed by atoms with E-state index in [9.17, 15) is 14.7 Å². The highest BCUT2D eigenvalue weighted by Crippen LogP contribution is 2.50. The number of H-pyrrole nitrogens is 1. The number of imide groups is 1. The molecule has 0 spiro atoms. The van der Waals surface area contributed by atoms with Crippen molar-refractivity contribution in [3.8, 4) is 0 Å². The Morgan fingerprint density at radius 3 is 2.54 bits per heavy atom. The number of para-hydroxylation sites is 1. The van der Waals surface area contributed by atoms with Crippen LogP contribution in [0.3, 0.4) is 0 Å². The Morgan fingerprint density at radius 1 is 1.00 bits per heavy atom. The van der Waals surface area contributed by atoms with Crippen molar-refractivity contribution in [2.75, 3.05) is 0 Å². The fourth-order valence-electron chi connectivity index (χ4n) is 6.82. The topological polar surface area (TPSA) is 106 Å². The van der Waals surface area contributed by atoms with Gasteiger partial charge in [0.1, 0.15) is 12.2 Å². The molecule has 3 aromatic carbocycles. The lowest BCUT2D eigenvalue weighted by molar-refractivity contribution is -0.165. The van der Waals surface area contributed by atoms with Crippen LogP contribution in [0, 0.1) is 0 Å². The largest absolute Gasteiger partial charge is 0.390 e. The third-order valence-electron chi connectivity index (χ3n) is 8.08. The number of aliphatic hydroxyl groups is 1. The van der Waals surface area contributed by atoms with Crippen LogP contribution in [0.5, 0.6) is 0 Å². The summed E-state index contributed by atoms with van der Waals surface area (Å²) in [4.78, 5) is 30.1. The molecule has 1 saturated heterocycles. The number of carbonyl (C=O) groups is 2. The maximum atomic E-state index is 13.3. The molecule has 4 atom stereocenters. The first-order valence-electron chi connectivity index (χ1n) is 12.3. The number of nitrogens with zero attached hydrogens (tertiary/aromatic N) is 1. The van der Waals surface area contributed by atoms with Gasteiger partial charge >= 0.3 is 0 Å². The first kappa shape index (κ1) is 21.8. The maximum absolute atomic E-state index is 13.3. The summed E-state index contributed by atoms with van der Waals surface area (Å²) in [5, 5.41) is 16.7. The molecule has 0 radical (unpaired) electrons. The molecule has 1 aliphatic carbocycles. The molecule has 2 aromatic heterocycles. The van der Waals surface area contributed by atoms with Crippen LogP contribution in [0.2, 0.25) is 0 Å². The number of ether oxygens (including phenoxy) is 2. The van der Waals surface area contributed by atoms with Crippen molar-refractivity contribution in [2.45, 2.75) is 50.4 Å². The number of fused-ring (bicyclic) bond motifs is 11. The van der Waals surface area contributed by atoms with E-state index in [1.807, 2.05) is 56.3 Å². The van der Waals surface area contributed by atoms with Crippen molar-refractivity contribution in [3.63, 3.8) is 0 Å². The zero-order valence-electron chi connectivity index (χ0n) is 20.0. The summed E-state index contributed by atoms with van der Waals surface area (Å²) < 4.78 is 15.5. The second-order valence-electron chi connectivity index (χ2n) is 10.6. The lowest BCUT2D eigenvalue weighted by Gasteiger charge is -2.25. The first-order valence-corrected chi connectivity index (χ1v) is 13.1. The molecule has 8 nitrogen and oxygen atoms in total. The van der Waals surface area contributed by atoms with E-state index in [2.05, 4.69) is 30.8 Å². The Kier molecular flexibility index (Phi) is 4.12. The molecule has 1 saturated carbocycles. The van der Waals surface area contributed by atoms with Gasteiger partial charge < -0.3 is 24.1 Å². The Labute approximate surface area is 218 Å². The second-order valence-corrected chi connectivity index (χ2v) is 11.6. The normalized spacial score (nSPS) is 26.6. The number of carbonyl (C=O) groups excluding carboxylic acids is 2. The molecule has 2 aliphatic heterocycles. The lowest BCUT2D eigenvalue weighted by Crippen LogP contribution is -2.28. The predicted octanol–water partition coefficient (Wildman–Crippen LogP) is 4.90. The molecule has 186 valence electrons. The van der Waals surface area contributed by atoms with Crippen molar-refractivity contribution in [1.29, 1.82) is 0 Å². The highest BCUT2D eigenvalue weighted by molar-refractivity contribution is 9.10. The predicted molar refractivity (Wildman–Crippen MR) is 142 cm³/mol. The molecule has 0 bridgehead atoms. The Hall–Kier alpha value is -3.24. The number of benzene rings is 3. The summed E-state index contributed by atoms with van der Waals surface area (Å²) in [6.07, 6.45) is -1.08. The average Bonchev–Trinajstić information content (AvgIpc) is 3.61. The molecule has 3 N–H and O–H groups in total. The molecule has 2 amide bonds. The van der Waals surface area contributed by atoms with Gasteiger partial charge in [-0.15, -0.1) is 0 Å². The number of aromatic amines is 1. The molecule has 37 heavy (non-hydrogen) atoms. The van der Waals surface area contributed by atoms with Gasteiger partial charge in [-0.25, -0.2) is 0 Å². The molecule has 4 heterocycles. The van der Waals surface area contributed by atoms with E-state index >= 15 is 0 Å². The zero-order chi connectivity index (χ0) is 25.4. The Morgan fingerprint density at radius 2 is 1.73 bits per heavy atom. The number of amides is 2. The molecule has 5 aromatic rings. The number of halogens is 1. The fraction of sp³-hybridized carbons (Fsp3) is 0.286. The van der Waals surface area contributed by atoms with Crippen LogP contribution in [0.25, 0.3) is 43.6 Å². The van der Waals surface area contributed by atoms with Gasteiger partial charge in [0.05, 0.1) is 34.3 Å².